The Bertz CT molecular complexity index is 1350. The average molecular weight is 455 g/mol. The maximum absolute atomic E-state index is 12.6. The van der Waals surface area contributed by atoms with E-state index in [-0.39, 0.29) is 17.2 Å². The molecule has 4 aromatic rings. The highest BCUT2D eigenvalue weighted by molar-refractivity contribution is 6.06. The first-order valence-electron chi connectivity index (χ1n) is 9.38. The Kier molecular flexibility index (Phi) is 6.87. The van der Waals surface area contributed by atoms with Crippen LogP contribution in [-0.4, -0.2) is 33.1 Å². The molecule has 10 heteroatoms. The van der Waals surface area contributed by atoms with Crippen LogP contribution in [0.3, 0.4) is 0 Å². The van der Waals surface area contributed by atoms with Gasteiger partial charge in [0.15, 0.2) is 0 Å². The van der Waals surface area contributed by atoms with E-state index in [2.05, 4.69) is 15.3 Å². The fourth-order valence-electron chi connectivity index (χ4n) is 2.81. The van der Waals surface area contributed by atoms with Crippen molar-refractivity contribution in [2.24, 2.45) is 0 Å². The summed E-state index contributed by atoms with van der Waals surface area (Å²) in [6, 6.07) is 18.6. The van der Waals surface area contributed by atoms with Gasteiger partial charge in [0.25, 0.3) is 11.5 Å². The molecule has 0 radical (unpaired) electrons. The first kappa shape index (κ1) is 23.2. The number of amides is 1. The van der Waals surface area contributed by atoms with E-state index in [0.29, 0.717) is 5.56 Å². The second-order valence-corrected chi connectivity index (χ2v) is 6.69. The van der Waals surface area contributed by atoms with Crippen molar-refractivity contribution in [2.45, 2.75) is 6.18 Å². The van der Waals surface area contributed by atoms with E-state index in [1.807, 2.05) is 48.5 Å². The summed E-state index contributed by atoms with van der Waals surface area (Å²) in [4.78, 5) is 40.2. The van der Waals surface area contributed by atoms with Crippen LogP contribution in [0.25, 0.3) is 21.9 Å². The molecule has 0 unspecified atom stereocenters. The Morgan fingerprint density at radius 3 is 2.18 bits per heavy atom. The Balaban J connectivity index is 0.000000383. The second kappa shape index (κ2) is 9.77. The SMILES string of the molecule is O=C(Nc1cc(-c2ccncc2)c[nH]c1=O)c1ccc2ccccc2c1.O=C(O)C(F)(F)F. The number of hydrogen-bond acceptors (Lipinski definition) is 4. The lowest BCUT2D eigenvalue weighted by molar-refractivity contribution is -0.192. The minimum absolute atomic E-state index is 0.206. The van der Waals surface area contributed by atoms with E-state index in [1.54, 1.807) is 30.7 Å². The Morgan fingerprint density at radius 1 is 0.909 bits per heavy atom. The van der Waals surface area contributed by atoms with Gasteiger partial charge in [-0.3, -0.25) is 14.6 Å². The van der Waals surface area contributed by atoms with Crippen molar-refractivity contribution in [3.05, 3.63) is 95.2 Å². The number of nitrogens with one attached hydrogen (secondary N) is 2. The number of nitrogens with zero attached hydrogens (tertiary/aromatic N) is 1. The quantitative estimate of drug-likeness (QED) is 0.422. The van der Waals surface area contributed by atoms with E-state index < -0.39 is 12.1 Å². The number of aromatic nitrogens is 2. The van der Waals surface area contributed by atoms with Gasteiger partial charge in [-0.25, -0.2) is 4.79 Å². The van der Waals surface area contributed by atoms with Crippen LogP contribution in [0.4, 0.5) is 18.9 Å². The number of alkyl halides is 3. The summed E-state index contributed by atoms with van der Waals surface area (Å²) in [6.07, 6.45) is -0.120. The molecule has 2 heterocycles. The molecule has 0 aliphatic rings. The second-order valence-electron chi connectivity index (χ2n) is 6.69. The average Bonchev–Trinajstić information content (AvgIpc) is 2.80. The standard InChI is InChI=1S/C21H15N3O2.C2HF3O2/c25-20(17-6-5-14-3-1-2-4-16(14)11-17)24-19-12-18(13-23-21(19)26)15-7-9-22-10-8-15;3-2(4,5)1(6)7/h1-13H,(H,23,26)(H,24,25);(H,6,7). The van der Waals surface area contributed by atoms with Crippen molar-refractivity contribution in [3.8, 4) is 11.1 Å². The molecule has 0 saturated heterocycles. The van der Waals surface area contributed by atoms with Crippen LogP contribution in [0, 0.1) is 0 Å². The number of carbonyl (C=O) groups excluding carboxylic acids is 1. The predicted molar refractivity (Wildman–Crippen MR) is 116 cm³/mol. The van der Waals surface area contributed by atoms with Crippen molar-refractivity contribution in [1.82, 2.24) is 9.97 Å². The van der Waals surface area contributed by atoms with Crippen molar-refractivity contribution < 1.29 is 27.9 Å². The minimum Gasteiger partial charge on any atom is -0.475 e. The molecule has 0 aliphatic carbocycles. The van der Waals surface area contributed by atoms with Crippen LogP contribution >= 0.6 is 0 Å². The molecule has 33 heavy (non-hydrogen) atoms. The molecular formula is C23H16F3N3O4. The molecule has 2 aromatic heterocycles. The summed E-state index contributed by atoms with van der Waals surface area (Å²) < 4.78 is 31.7. The smallest absolute Gasteiger partial charge is 0.475 e. The molecule has 2 aromatic carbocycles. The fraction of sp³-hybridized carbons (Fsp3) is 0.0435. The van der Waals surface area contributed by atoms with Crippen LogP contribution in [0.5, 0.6) is 0 Å². The number of pyridine rings is 2. The third-order valence-electron chi connectivity index (χ3n) is 4.42. The van der Waals surface area contributed by atoms with Gasteiger partial charge in [-0.05, 0) is 46.7 Å². The third kappa shape index (κ3) is 6.03. The summed E-state index contributed by atoms with van der Waals surface area (Å²) in [6.45, 7) is 0. The summed E-state index contributed by atoms with van der Waals surface area (Å²) in [7, 11) is 0. The van der Waals surface area contributed by atoms with Crippen molar-refractivity contribution in [1.29, 1.82) is 0 Å². The zero-order valence-corrected chi connectivity index (χ0v) is 16.8. The Morgan fingerprint density at radius 2 is 1.55 bits per heavy atom. The molecule has 1 amide bonds. The van der Waals surface area contributed by atoms with Crippen LogP contribution in [0.1, 0.15) is 10.4 Å². The van der Waals surface area contributed by atoms with Gasteiger partial charge in [0, 0.05) is 29.7 Å². The van der Waals surface area contributed by atoms with Crippen molar-refractivity contribution >= 4 is 28.3 Å². The molecule has 0 spiro atoms. The van der Waals surface area contributed by atoms with Crippen LogP contribution in [0.15, 0.2) is 84.0 Å². The molecule has 7 nitrogen and oxygen atoms in total. The molecule has 3 N–H and O–H groups in total. The molecule has 0 bridgehead atoms. The lowest BCUT2D eigenvalue weighted by Gasteiger charge is -2.08. The first-order chi connectivity index (χ1) is 15.6. The predicted octanol–water partition coefficient (Wildman–Crippen LogP) is 4.48. The highest BCUT2D eigenvalue weighted by Crippen LogP contribution is 2.20. The largest absolute Gasteiger partial charge is 0.490 e. The lowest BCUT2D eigenvalue weighted by atomic mass is 10.1. The van der Waals surface area contributed by atoms with Crippen LogP contribution in [0.2, 0.25) is 0 Å². The molecule has 168 valence electrons. The molecule has 0 saturated carbocycles. The number of hydrogen-bond donors (Lipinski definition) is 3. The molecule has 0 atom stereocenters. The molecular weight excluding hydrogens is 439 g/mol. The van der Waals surface area contributed by atoms with Crippen LogP contribution in [-0.2, 0) is 4.79 Å². The number of carbonyl (C=O) groups is 2. The maximum atomic E-state index is 12.6. The molecule has 0 fully saturated rings. The number of aliphatic carboxylic acids is 1. The van der Waals surface area contributed by atoms with Crippen molar-refractivity contribution in [3.63, 3.8) is 0 Å². The maximum Gasteiger partial charge on any atom is 0.490 e. The first-order valence-corrected chi connectivity index (χ1v) is 9.38. The van der Waals surface area contributed by atoms with E-state index >= 15 is 0 Å². The Labute approximate surface area is 184 Å². The summed E-state index contributed by atoms with van der Waals surface area (Å²) in [5, 5.41) is 11.9. The van der Waals surface area contributed by atoms with Gasteiger partial charge < -0.3 is 15.4 Å². The number of H-pyrrole nitrogens is 1. The normalized spacial score (nSPS) is 10.8. The lowest BCUT2D eigenvalue weighted by Crippen LogP contribution is -2.21. The van der Waals surface area contributed by atoms with E-state index in [4.69, 9.17) is 9.90 Å². The summed E-state index contributed by atoms with van der Waals surface area (Å²) in [5.74, 6) is -3.08. The Hall–Kier alpha value is -4.47. The topological polar surface area (TPSA) is 112 Å². The van der Waals surface area contributed by atoms with Gasteiger partial charge in [-0.1, -0.05) is 30.3 Å². The number of rotatable bonds is 3. The van der Waals surface area contributed by atoms with Crippen molar-refractivity contribution in [2.75, 3.05) is 5.32 Å². The minimum atomic E-state index is -5.08. The number of carboxylic acid groups (broad SMARTS) is 1. The van der Waals surface area contributed by atoms with E-state index in [1.165, 1.54) is 0 Å². The highest BCUT2D eigenvalue weighted by Gasteiger charge is 2.38. The van der Waals surface area contributed by atoms with E-state index in [9.17, 15) is 22.8 Å². The van der Waals surface area contributed by atoms with Gasteiger partial charge in [0.05, 0.1) is 0 Å². The monoisotopic (exact) mass is 455 g/mol. The zero-order valence-electron chi connectivity index (χ0n) is 16.8. The van der Waals surface area contributed by atoms with Crippen LogP contribution < -0.4 is 10.9 Å². The third-order valence-corrected chi connectivity index (χ3v) is 4.42. The number of aromatic amines is 1. The van der Waals surface area contributed by atoms with Gasteiger partial charge in [-0.2, -0.15) is 13.2 Å². The zero-order chi connectivity index (χ0) is 24.0. The molecule has 0 aliphatic heterocycles. The molecule has 4 rings (SSSR count). The van der Waals surface area contributed by atoms with Gasteiger partial charge in [0.2, 0.25) is 0 Å². The fourth-order valence-corrected chi connectivity index (χ4v) is 2.81. The highest BCUT2D eigenvalue weighted by atomic mass is 19.4. The summed E-state index contributed by atoms with van der Waals surface area (Å²) in [5.41, 5.74) is 2.05. The number of benzene rings is 2. The van der Waals surface area contributed by atoms with E-state index in [0.717, 1.165) is 21.9 Å². The number of anilines is 1. The number of fused-ring (bicyclic) bond motifs is 1. The van der Waals surface area contributed by atoms with Gasteiger partial charge >= 0.3 is 12.1 Å². The summed E-state index contributed by atoms with van der Waals surface area (Å²) >= 11 is 0. The van der Waals surface area contributed by atoms with Gasteiger partial charge in [0.1, 0.15) is 5.69 Å². The van der Waals surface area contributed by atoms with Gasteiger partial charge in [-0.15, -0.1) is 0 Å². The number of halogens is 3. The number of carboxylic acids is 1.